The monoisotopic (exact) mass is 388 g/mol. The molecule has 0 saturated carbocycles. The summed E-state index contributed by atoms with van der Waals surface area (Å²) in [6, 6.07) is 11.2. The highest BCUT2D eigenvalue weighted by Crippen LogP contribution is 2.18. The van der Waals surface area contributed by atoms with Crippen molar-refractivity contribution in [2.75, 3.05) is 42.9 Å². The van der Waals surface area contributed by atoms with Crippen LogP contribution < -0.4 is 10.2 Å². The van der Waals surface area contributed by atoms with Crippen molar-refractivity contribution < 1.29 is 4.79 Å². The van der Waals surface area contributed by atoms with Crippen molar-refractivity contribution in [1.82, 2.24) is 9.88 Å². The molecule has 5 nitrogen and oxygen atoms in total. The molecule has 1 aliphatic heterocycles. The molecule has 1 saturated heterocycles. The molecule has 6 heteroatoms. The number of benzene rings is 1. The van der Waals surface area contributed by atoms with E-state index in [4.69, 9.17) is 0 Å². The lowest BCUT2D eigenvalue weighted by molar-refractivity contribution is 0.102. The fraction of sp³-hybridized carbons (Fsp3) is 0.333. The van der Waals surface area contributed by atoms with Gasteiger partial charge in [0, 0.05) is 48.1 Å². The Morgan fingerprint density at radius 1 is 1.17 bits per heavy atom. The normalized spacial score (nSPS) is 15.3. The molecule has 1 aromatic heterocycles. The molecule has 1 aliphatic rings. The first-order chi connectivity index (χ1) is 11.7. The van der Waals surface area contributed by atoms with E-state index in [-0.39, 0.29) is 5.91 Å². The molecule has 0 spiro atoms. The molecule has 1 aromatic carbocycles. The van der Waals surface area contributed by atoms with Crippen LogP contribution in [0.4, 0.5) is 11.5 Å². The summed E-state index contributed by atoms with van der Waals surface area (Å²) < 4.78 is 0.984. The van der Waals surface area contributed by atoms with Crippen LogP contribution in [0.15, 0.2) is 47.1 Å². The van der Waals surface area contributed by atoms with Gasteiger partial charge in [-0.2, -0.15) is 0 Å². The molecule has 1 N–H and O–H groups in total. The largest absolute Gasteiger partial charge is 0.354 e. The van der Waals surface area contributed by atoms with E-state index in [2.05, 4.69) is 43.0 Å². The third kappa shape index (κ3) is 4.13. The quantitative estimate of drug-likeness (QED) is 0.873. The maximum absolute atomic E-state index is 12.5. The van der Waals surface area contributed by atoms with Crippen LogP contribution in [0.1, 0.15) is 17.3 Å². The minimum atomic E-state index is -0.117. The first kappa shape index (κ1) is 16.9. The van der Waals surface area contributed by atoms with Gasteiger partial charge in [0.1, 0.15) is 5.82 Å². The van der Waals surface area contributed by atoms with Crippen molar-refractivity contribution >= 4 is 33.3 Å². The maximum atomic E-state index is 12.5. The summed E-state index contributed by atoms with van der Waals surface area (Å²) in [5.41, 5.74) is 1.40. The van der Waals surface area contributed by atoms with E-state index in [0.717, 1.165) is 48.7 Å². The molecule has 2 heterocycles. The molecule has 1 amide bonds. The van der Waals surface area contributed by atoms with Crippen LogP contribution in [0.5, 0.6) is 0 Å². The van der Waals surface area contributed by atoms with Crippen LogP contribution in [0, 0.1) is 0 Å². The number of hydrogen-bond acceptors (Lipinski definition) is 4. The van der Waals surface area contributed by atoms with E-state index < -0.39 is 0 Å². The van der Waals surface area contributed by atoms with Gasteiger partial charge in [-0.3, -0.25) is 4.79 Å². The van der Waals surface area contributed by atoms with E-state index in [1.807, 2.05) is 30.3 Å². The molecule has 2 aromatic rings. The zero-order valence-electron chi connectivity index (χ0n) is 13.7. The Labute approximate surface area is 150 Å². The van der Waals surface area contributed by atoms with Gasteiger partial charge >= 0.3 is 0 Å². The predicted octanol–water partition coefficient (Wildman–Crippen LogP) is 3.24. The molecule has 0 radical (unpaired) electrons. The SMILES string of the molecule is CCN1CCN(c2cc(C(=O)Nc3ccc(Br)cc3)ccn2)CC1. The smallest absolute Gasteiger partial charge is 0.255 e. The standard InChI is InChI=1S/C18H21BrN4O/c1-2-22-9-11-23(12-10-22)17-13-14(7-8-20-17)18(24)21-16-5-3-15(19)4-6-16/h3-8,13H,2,9-12H2,1H3,(H,21,24). The van der Waals surface area contributed by atoms with Crippen molar-refractivity contribution in [1.29, 1.82) is 0 Å². The average molecular weight is 389 g/mol. The number of piperazine rings is 1. The number of likely N-dealkylation sites (N-methyl/N-ethyl adjacent to an activating group) is 1. The second kappa shape index (κ2) is 7.77. The van der Waals surface area contributed by atoms with E-state index in [1.165, 1.54) is 0 Å². The zero-order valence-corrected chi connectivity index (χ0v) is 15.3. The molecule has 0 aliphatic carbocycles. The number of hydrogen-bond donors (Lipinski definition) is 1. The Morgan fingerprint density at radius 2 is 1.88 bits per heavy atom. The summed E-state index contributed by atoms with van der Waals surface area (Å²) in [7, 11) is 0. The van der Waals surface area contributed by atoms with Crippen LogP contribution in [-0.4, -0.2) is 48.5 Å². The molecular weight excluding hydrogens is 368 g/mol. The molecule has 0 atom stereocenters. The van der Waals surface area contributed by atoms with Crippen LogP contribution in [-0.2, 0) is 0 Å². The number of aromatic nitrogens is 1. The van der Waals surface area contributed by atoms with Gasteiger partial charge in [-0.05, 0) is 42.9 Å². The van der Waals surface area contributed by atoms with E-state index in [1.54, 1.807) is 12.3 Å². The Morgan fingerprint density at radius 3 is 2.54 bits per heavy atom. The van der Waals surface area contributed by atoms with Gasteiger partial charge < -0.3 is 15.1 Å². The second-order valence-electron chi connectivity index (χ2n) is 5.79. The molecular formula is C18H21BrN4O. The van der Waals surface area contributed by atoms with Crippen LogP contribution >= 0.6 is 15.9 Å². The van der Waals surface area contributed by atoms with Crippen LogP contribution in [0.25, 0.3) is 0 Å². The minimum Gasteiger partial charge on any atom is -0.354 e. The minimum absolute atomic E-state index is 0.117. The molecule has 24 heavy (non-hydrogen) atoms. The Balaban J connectivity index is 1.68. The molecule has 0 unspecified atom stereocenters. The first-order valence-electron chi connectivity index (χ1n) is 8.16. The number of carbonyl (C=O) groups is 1. The topological polar surface area (TPSA) is 48.5 Å². The van der Waals surface area contributed by atoms with E-state index in [9.17, 15) is 4.79 Å². The number of anilines is 2. The van der Waals surface area contributed by atoms with Crippen molar-refractivity contribution in [3.05, 3.63) is 52.6 Å². The first-order valence-corrected chi connectivity index (χ1v) is 8.95. The van der Waals surface area contributed by atoms with Crippen molar-refractivity contribution in [3.8, 4) is 0 Å². The third-order valence-electron chi connectivity index (χ3n) is 4.25. The Kier molecular flexibility index (Phi) is 5.48. The van der Waals surface area contributed by atoms with Crippen molar-refractivity contribution in [2.24, 2.45) is 0 Å². The molecule has 126 valence electrons. The fourth-order valence-electron chi connectivity index (χ4n) is 2.76. The molecule has 0 bridgehead atoms. The number of nitrogens with zero attached hydrogens (tertiary/aromatic N) is 3. The fourth-order valence-corrected chi connectivity index (χ4v) is 3.03. The average Bonchev–Trinajstić information content (AvgIpc) is 2.64. The van der Waals surface area contributed by atoms with Gasteiger partial charge in [0.05, 0.1) is 0 Å². The lowest BCUT2D eigenvalue weighted by Crippen LogP contribution is -2.46. The van der Waals surface area contributed by atoms with Crippen LogP contribution in [0.2, 0.25) is 0 Å². The van der Waals surface area contributed by atoms with Gasteiger partial charge in [-0.1, -0.05) is 22.9 Å². The van der Waals surface area contributed by atoms with Gasteiger partial charge in [-0.15, -0.1) is 0 Å². The maximum Gasteiger partial charge on any atom is 0.255 e. The van der Waals surface area contributed by atoms with Gasteiger partial charge in [0.2, 0.25) is 0 Å². The van der Waals surface area contributed by atoms with Gasteiger partial charge in [0.15, 0.2) is 0 Å². The number of halogens is 1. The molecule has 3 rings (SSSR count). The summed E-state index contributed by atoms with van der Waals surface area (Å²) in [4.78, 5) is 21.5. The van der Waals surface area contributed by atoms with Gasteiger partial charge in [-0.25, -0.2) is 4.98 Å². The van der Waals surface area contributed by atoms with Gasteiger partial charge in [0.25, 0.3) is 5.91 Å². The van der Waals surface area contributed by atoms with E-state index >= 15 is 0 Å². The molecule has 1 fully saturated rings. The van der Waals surface area contributed by atoms with Crippen LogP contribution in [0.3, 0.4) is 0 Å². The lowest BCUT2D eigenvalue weighted by Gasteiger charge is -2.34. The van der Waals surface area contributed by atoms with Crippen molar-refractivity contribution in [3.63, 3.8) is 0 Å². The highest BCUT2D eigenvalue weighted by atomic mass is 79.9. The number of amides is 1. The van der Waals surface area contributed by atoms with E-state index in [0.29, 0.717) is 5.56 Å². The van der Waals surface area contributed by atoms with Crippen molar-refractivity contribution in [2.45, 2.75) is 6.92 Å². The summed E-state index contributed by atoms with van der Waals surface area (Å²) in [5, 5.41) is 2.92. The number of pyridine rings is 1. The summed E-state index contributed by atoms with van der Waals surface area (Å²) in [5.74, 6) is 0.752. The number of rotatable bonds is 4. The second-order valence-corrected chi connectivity index (χ2v) is 6.70. The summed E-state index contributed by atoms with van der Waals surface area (Å²) >= 11 is 3.39. The lowest BCUT2D eigenvalue weighted by atomic mass is 10.2. The highest BCUT2D eigenvalue weighted by molar-refractivity contribution is 9.10. The zero-order chi connectivity index (χ0) is 16.9. The number of carbonyl (C=O) groups excluding carboxylic acids is 1. The summed E-state index contributed by atoms with van der Waals surface area (Å²) in [6.45, 7) is 7.22. The highest BCUT2D eigenvalue weighted by Gasteiger charge is 2.18. The number of nitrogens with one attached hydrogen (secondary N) is 1. The predicted molar refractivity (Wildman–Crippen MR) is 101 cm³/mol. The third-order valence-corrected chi connectivity index (χ3v) is 4.78. The Bertz CT molecular complexity index is 696. The summed E-state index contributed by atoms with van der Waals surface area (Å²) in [6.07, 6.45) is 1.71. The Hall–Kier alpha value is -1.92.